The summed E-state index contributed by atoms with van der Waals surface area (Å²) in [5.41, 5.74) is 5.42. The molecule has 7 heteroatoms. The van der Waals surface area contributed by atoms with Gasteiger partial charge in [-0.25, -0.2) is 4.98 Å². The van der Waals surface area contributed by atoms with Gasteiger partial charge in [0.15, 0.2) is 5.75 Å². The summed E-state index contributed by atoms with van der Waals surface area (Å²) < 4.78 is 0. The van der Waals surface area contributed by atoms with Gasteiger partial charge in [0.25, 0.3) is 0 Å². The lowest BCUT2D eigenvalue weighted by Crippen LogP contribution is -2.13. The fraction of sp³-hybridized carbons (Fsp3) is 0.214. The molecular formula is C28H28ClN3O2S. The Balaban J connectivity index is 1.70. The average Bonchev–Trinajstić information content (AvgIpc) is 2.86. The Hall–Kier alpha value is -3.22. The zero-order chi connectivity index (χ0) is 24.9. The van der Waals surface area contributed by atoms with Crippen molar-refractivity contribution < 1.29 is 10.2 Å². The van der Waals surface area contributed by atoms with Crippen molar-refractivity contribution in [1.29, 1.82) is 0 Å². The van der Waals surface area contributed by atoms with Crippen molar-refractivity contribution in [2.24, 2.45) is 0 Å². The molecule has 2 aromatic carbocycles. The maximum absolute atomic E-state index is 11.4. The number of aromatic hydroxyl groups is 2. The van der Waals surface area contributed by atoms with Crippen LogP contribution in [0.5, 0.6) is 11.6 Å². The number of hydrogen-bond donors (Lipinski definition) is 2. The Morgan fingerprint density at radius 3 is 2.37 bits per heavy atom. The first-order chi connectivity index (χ1) is 16.9. The standard InChI is InChI=1S/C28H28ClN3O2S/c1-4-5-6-24-25(32(3)21-11-9-20(29)10-12-21)26(33)27(28(34)31-24)35-22-13-7-19(8-14-22)23-15-16-30-17-18(23)2/h7-17H,4-6H2,1-3H3,(H2,31,33,34). The first-order valence-electron chi connectivity index (χ1n) is 11.5. The Kier molecular flexibility index (Phi) is 7.83. The smallest absolute Gasteiger partial charge is 0.229 e. The van der Waals surface area contributed by atoms with Crippen LogP contribution in [0.25, 0.3) is 11.1 Å². The Labute approximate surface area is 215 Å². The third kappa shape index (κ3) is 5.55. The van der Waals surface area contributed by atoms with Crippen molar-refractivity contribution >= 4 is 34.7 Å². The molecule has 2 N–H and O–H groups in total. The maximum Gasteiger partial charge on any atom is 0.229 e. The van der Waals surface area contributed by atoms with Gasteiger partial charge in [0.1, 0.15) is 10.6 Å². The van der Waals surface area contributed by atoms with Crippen LogP contribution in [-0.4, -0.2) is 27.2 Å². The quantitative estimate of drug-likeness (QED) is 0.255. The first-order valence-corrected chi connectivity index (χ1v) is 12.7. The second-order valence-corrected chi connectivity index (χ2v) is 9.88. The zero-order valence-corrected chi connectivity index (χ0v) is 21.6. The van der Waals surface area contributed by atoms with E-state index in [0.29, 0.717) is 27.7 Å². The average molecular weight is 506 g/mol. The van der Waals surface area contributed by atoms with Crippen LogP contribution in [0, 0.1) is 6.92 Å². The van der Waals surface area contributed by atoms with Gasteiger partial charge < -0.3 is 15.1 Å². The molecule has 2 heterocycles. The molecule has 35 heavy (non-hydrogen) atoms. The summed E-state index contributed by atoms with van der Waals surface area (Å²) in [7, 11) is 1.88. The van der Waals surface area contributed by atoms with E-state index in [-0.39, 0.29) is 11.6 Å². The maximum atomic E-state index is 11.4. The molecule has 4 aromatic rings. The van der Waals surface area contributed by atoms with Crippen LogP contribution in [0.4, 0.5) is 11.4 Å². The molecule has 0 amide bonds. The second kappa shape index (κ2) is 11.0. The number of pyridine rings is 2. The van der Waals surface area contributed by atoms with Gasteiger partial charge in [-0.2, -0.15) is 0 Å². The van der Waals surface area contributed by atoms with E-state index in [9.17, 15) is 10.2 Å². The summed E-state index contributed by atoms with van der Waals surface area (Å²) in [6, 6.07) is 17.4. The van der Waals surface area contributed by atoms with Crippen molar-refractivity contribution in [2.45, 2.75) is 42.9 Å². The molecule has 0 fully saturated rings. The topological polar surface area (TPSA) is 69.5 Å². The minimum Gasteiger partial charge on any atom is -0.504 e. The lowest BCUT2D eigenvalue weighted by Gasteiger charge is -2.25. The van der Waals surface area contributed by atoms with E-state index in [4.69, 9.17) is 11.6 Å². The summed E-state index contributed by atoms with van der Waals surface area (Å²) in [4.78, 5) is 11.8. The molecule has 0 aliphatic rings. The van der Waals surface area contributed by atoms with E-state index >= 15 is 0 Å². The number of anilines is 2. The summed E-state index contributed by atoms with van der Waals surface area (Å²) >= 11 is 7.36. The van der Waals surface area contributed by atoms with Crippen LogP contribution < -0.4 is 4.90 Å². The molecule has 0 atom stereocenters. The van der Waals surface area contributed by atoms with E-state index in [1.807, 2.05) is 79.7 Å². The van der Waals surface area contributed by atoms with Gasteiger partial charge in [0.05, 0.1) is 5.69 Å². The van der Waals surface area contributed by atoms with Crippen molar-refractivity contribution in [3.05, 3.63) is 83.3 Å². The minimum atomic E-state index is -0.166. The van der Waals surface area contributed by atoms with Gasteiger partial charge in [-0.1, -0.05) is 48.8 Å². The Morgan fingerprint density at radius 2 is 1.71 bits per heavy atom. The lowest BCUT2D eigenvalue weighted by atomic mass is 10.0. The fourth-order valence-electron chi connectivity index (χ4n) is 3.96. The lowest BCUT2D eigenvalue weighted by molar-refractivity contribution is 0.410. The highest BCUT2D eigenvalue weighted by atomic mass is 35.5. The molecule has 0 unspecified atom stereocenters. The third-order valence-corrected chi connectivity index (χ3v) is 7.22. The van der Waals surface area contributed by atoms with Crippen molar-refractivity contribution in [1.82, 2.24) is 9.97 Å². The summed E-state index contributed by atoms with van der Waals surface area (Å²) in [6.45, 7) is 4.13. The number of rotatable bonds is 8. The van der Waals surface area contributed by atoms with Gasteiger partial charge in [0, 0.05) is 35.0 Å². The van der Waals surface area contributed by atoms with E-state index in [1.54, 1.807) is 6.20 Å². The first kappa shape index (κ1) is 24.9. The largest absolute Gasteiger partial charge is 0.504 e. The van der Waals surface area contributed by atoms with E-state index in [2.05, 4.69) is 16.9 Å². The number of halogens is 1. The monoisotopic (exact) mass is 505 g/mol. The summed E-state index contributed by atoms with van der Waals surface area (Å²) in [5, 5.41) is 22.8. The molecule has 0 aliphatic heterocycles. The number of aromatic nitrogens is 2. The predicted molar refractivity (Wildman–Crippen MR) is 144 cm³/mol. The van der Waals surface area contributed by atoms with Crippen molar-refractivity contribution in [3.63, 3.8) is 0 Å². The highest BCUT2D eigenvalue weighted by Crippen LogP contribution is 2.48. The molecular weight excluding hydrogens is 478 g/mol. The van der Waals surface area contributed by atoms with Crippen LogP contribution in [0.3, 0.4) is 0 Å². The Bertz CT molecular complexity index is 1310. The molecule has 0 aliphatic carbocycles. The van der Waals surface area contributed by atoms with Crippen LogP contribution >= 0.6 is 23.4 Å². The normalized spacial score (nSPS) is 11.0. The molecule has 5 nitrogen and oxygen atoms in total. The fourth-order valence-corrected chi connectivity index (χ4v) is 4.92. The zero-order valence-electron chi connectivity index (χ0n) is 20.0. The van der Waals surface area contributed by atoms with Crippen molar-refractivity contribution in [3.8, 4) is 22.8 Å². The van der Waals surface area contributed by atoms with Crippen LogP contribution in [0.2, 0.25) is 5.02 Å². The highest BCUT2D eigenvalue weighted by Gasteiger charge is 2.23. The molecule has 2 aromatic heterocycles. The second-order valence-electron chi connectivity index (χ2n) is 8.36. The number of benzene rings is 2. The van der Waals surface area contributed by atoms with E-state index < -0.39 is 0 Å². The molecule has 0 saturated carbocycles. The van der Waals surface area contributed by atoms with Gasteiger partial charge in [0.2, 0.25) is 5.88 Å². The predicted octanol–water partition coefficient (Wildman–Crippen LogP) is 7.78. The molecule has 0 spiro atoms. The van der Waals surface area contributed by atoms with Gasteiger partial charge in [-0.3, -0.25) is 4.98 Å². The van der Waals surface area contributed by atoms with E-state index in [1.165, 1.54) is 11.8 Å². The third-order valence-electron chi connectivity index (χ3n) is 5.88. The van der Waals surface area contributed by atoms with Crippen molar-refractivity contribution in [2.75, 3.05) is 11.9 Å². The summed E-state index contributed by atoms with van der Waals surface area (Å²) in [6.07, 6.45) is 6.16. The summed E-state index contributed by atoms with van der Waals surface area (Å²) in [5.74, 6) is -0.152. The van der Waals surface area contributed by atoms with Crippen LogP contribution in [0.1, 0.15) is 31.0 Å². The SMILES string of the molecule is CCCCc1nc(O)c(Sc2ccc(-c3ccncc3C)cc2)c(O)c1N(C)c1ccc(Cl)cc1. The van der Waals surface area contributed by atoms with Gasteiger partial charge in [-0.05, 0) is 78.9 Å². The number of hydrogen-bond acceptors (Lipinski definition) is 6. The van der Waals surface area contributed by atoms with Gasteiger partial charge >= 0.3 is 0 Å². The number of unbranched alkanes of at least 4 members (excludes halogenated alkanes) is 1. The molecule has 0 radical (unpaired) electrons. The van der Waals surface area contributed by atoms with Gasteiger partial charge in [-0.15, -0.1) is 0 Å². The Morgan fingerprint density at radius 1 is 1.00 bits per heavy atom. The van der Waals surface area contributed by atoms with Crippen LogP contribution in [0.15, 0.2) is 76.8 Å². The molecule has 180 valence electrons. The molecule has 0 bridgehead atoms. The van der Waals surface area contributed by atoms with Crippen LogP contribution in [-0.2, 0) is 6.42 Å². The highest BCUT2D eigenvalue weighted by molar-refractivity contribution is 7.99. The minimum absolute atomic E-state index is 0.0140. The number of nitrogens with zero attached hydrogens (tertiary/aromatic N) is 3. The molecule has 4 rings (SSSR count). The molecule has 0 saturated heterocycles. The van der Waals surface area contributed by atoms with E-state index in [0.717, 1.165) is 40.1 Å². The number of aryl methyl sites for hydroxylation is 2.